The van der Waals surface area contributed by atoms with E-state index in [1.807, 2.05) is 0 Å². The van der Waals surface area contributed by atoms with E-state index in [2.05, 4.69) is 5.32 Å². The van der Waals surface area contributed by atoms with E-state index < -0.39 is 73.9 Å². The largest absolute Gasteiger partial charge is 0.396 e. The van der Waals surface area contributed by atoms with Crippen molar-refractivity contribution >= 4 is 5.91 Å². The fourth-order valence-electron chi connectivity index (χ4n) is 2.78. The third-order valence-electron chi connectivity index (χ3n) is 4.41. The van der Waals surface area contributed by atoms with Crippen molar-refractivity contribution in [1.82, 2.24) is 5.32 Å². The Kier molecular flexibility index (Phi) is 8.60. The summed E-state index contributed by atoms with van der Waals surface area (Å²) in [5, 5.41) is 79.7. The molecule has 25 heavy (non-hydrogen) atoms. The second-order valence-corrected chi connectivity index (χ2v) is 6.09. The van der Waals surface area contributed by atoms with E-state index in [1.54, 1.807) is 0 Å². The number of nitrogens with one attached hydrogen (secondary N) is 1. The Morgan fingerprint density at radius 1 is 1.12 bits per heavy atom. The number of hydrogen-bond acceptors (Lipinski definition) is 10. The molecule has 0 heterocycles. The van der Waals surface area contributed by atoms with Gasteiger partial charge in [-0.25, -0.2) is 0 Å². The molecule has 0 radical (unpaired) electrons. The summed E-state index contributed by atoms with van der Waals surface area (Å²) in [6.07, 6.45) is -13.4. The van der Waals surface area contributed by atoms with Crippen molar-refractivity contribution in [3.8, 4) is 0 Å². The first-order valence-corrected chi connectivity index (χ1v) is 7.86. The van der Waals surface area contributed by atoms with Gasteiger partial charge >= 0.3 is 0 Å². The van der Waals surface area contributed by atoms with E-state index in [0.29, 0.717) is 0 Å². The van der Waals surface area contributed by atoms with Crippen LogP contribution in [-0.4, -0.2) is 116 Å². The summed E-state index contributed by atoms with van der Waals surface area (Å²) >= 11 is 0. The van der Waals surface area contributed by atoms with Gasteiger partial charge in [0.05, 0.1) is 18.8 Å². The fraction of sp³-hybridized carbons (Fsp3) is 0.929. The average Bonchev–Trinajstić information content (AvgIpc) is 2.63. The molecular formula is C14H27NO10. The molecule has 11 heteroatoms. The van der Waals surface area contributed by atoms with Crippen molar-refractivity contribution in [3.05, 3.63) is 0 Å². The third-order valence-corrected chi connectivity index (χ3v) is 4.41. The average molecular weight is 369 g/mol. The van der Waals surface area contributed by atoms with Crippen molar-refractivity contribution < 1.29 is 50.4 Å². The Labute approximate surface area is 144 Å². The zero-order valence-corrected chi connectivity index (χ0v) is 13.7. The smallest absolute Gasteiger partial charge is 0.251 e. The quantitative estimate of drug-likeness (QED) is 0.199. The van der Waals surface area contributed by atoms with Crippen LogP contribution in [0.5, 0.6) is 0 Å². The Balaban J connectivity index is 2.95. The van der Waals surface area contributed by atoms with Crippen LogP contribution >= 0.6 is 0 Å². The van der Waals surface area contributed by atoms with E-state index in [4.69, 9.17) is 9.84 Å². The predicted molar refractivity (Wildman–Crippen MR) is 81.0 cm³/mol. The zero-order chi connectivity index (χ0) is 19.3. The number of aliphatic hydroxyl groups is 8. The van der Waals surface area contributed by atoms with Crippen LogP contribution in [0.2, 0.25) is 0 Å². The highest BCUT2D eigenvalue weighted by Gasteiger charge is 2.46. The van der Waals surface area contributed by atoms with E-state index in [-0.39, 0.29) is 6.42 Å². The lowest BCUT2D eigenvalue weighted by Gasteiger charge is -2.42. The van der Waals surface area contributed by atoms with Gasteiger partial charge in [0.15, 0.2) is 6.10 Å². The molecule has 0 aromatic rings. The minimum atomic E-state index is -1.99. The SMILES string of the molecule is CNC(=O)[C@@H](O)[C@H](O)[C@@H](O[C@@H]1C[C@@H](CO)[C@H](O)[C@@H](O)[C@@H]1O)[C@@H](O)CO. The number of amides is 1. The van der Waals surface area contributed by atoms with Crippen LogP contribution in [0.15, 0.2) is 0 Å². The first-order valence-electron chi connectivity index (χ1n) is 7.86. The van der Waals surface area contributed by atoms with Gasteiger partial charge in [-0.05, 0) is 6.42 Å². The highest BCUT2D eigenvalue weighted by atomic mass is 16.5. The standard InChI is InChI=1S/C14H27NO10/c1-15-14(24)12(23)11(22)13(6(18)4-17)25-7-2-5(3-16)8(19)10(21)9(7)20/h5-13,16-23H,2-4H2,1H3,(H,15,24)/t5-,6-,7+,8-,9+,10+,11-,12-,13-/m0/s1. The predicted octanol–water partition coefficient (Wildman–Crippen LogP) is -5.34. The summed E-state index contributed by atoms with van der Waals surface area (Å²) in [7, 11) is 1.21. The van der Waals surface area contributed by atoms with Crippen LogP contribution in [0.4, 0.5) is 0 Å². The third kappa shape index (κ3) is 5.06. The molecule has 9 N–H and O–H groups in total. The molecule has 1 rings (SSSR count). The van der Waals surface area contributed by atoms with Gasteiger partial charge in [-0.15, -0.1) is 0 Å². The number of carbonyl (C=O) groups excluding carboxylic acids is 1. The molecule has 11 nitrogen and oxygen atoms in total. The minimum absolute atomic E-state index is 0.132. The van der Waals surface area contributed by atoms with Gasteiger partial charge in [0.25, 0.3) is 5.91 Å². The Bertz CT molecular complexity index is 422. The van der Waals surface area contributed by atoms with E-state index in [9.17, 15) is 40.5 Å². The molecule has 1 fully saturated rings. The molecular weight excluding hydrogens is 342 g/mol. The molecule has 1 aliphatic rings. The van der Waals surface area contributed by atoms with Gasteiger partial charge in [-0.3, -0.25) is 4.79 Å². The van der Waals surface area contributed by atoms with Crippen LogP contribution in [0.3, 0.4) is 0 Å². The van der Waals surface area contributed by atoms with E-state index in [0.717, 1.165) is 0 Å². The molecule has 0 bridgehead atoms. The number of carbonyl (C=O) groups is 1. The van der Waals surface area contributed by atoms with Crippen LogP contribution < -0.4 is 5.32 Å². The maximum atomic E-state index is 11.4. The molecule has 0 saturated heterocycles. The minimum Gasteiger partial charge on any atom is -0.396 e. The van der Waals surface area contributed by atoms with Gasteiger partial charge in [0.2, 0.25) is 0 Å². The first kappa shape index (κ1) is 22.2. The van der Waals surface area contributed by atoms with Crippen LogP contribution in [-0.2, 0) is 9.53 Å². The Morgan fingerprint density at radius 3 is 2.20 bits per heavy atom. The van der Waals surface area contributed by atoms with Crippen LogP contribution in [0.1, 0.15) is 6.42 Å². The lowest BCUT2D eigenvalue weighted by molar-refractivity contribution is -0.224. The Morgan fingerprint density at radius 2 is 1.72 bits per heavy atom. The molecule has 1 saturated carbocycles. The van der Waals surface area contributed by atoms with Crippen LogP contribution in [0.25, 0.3) is 0 Å². The highest BCUT2D eigenvalue weighted by molar-refractivity contribution is 5.80. The lowest BCUT2D eigenvalue weighted by atomic mass is 9.81. The highest BCUT2D eigenvalue weighted by Crippen LogP contribution is 2.29. The Hall–Kier alpha value is -0.890. The first-order chi connectivity index (χ1) is 11.7. The van der Waals surface area contributed by atoms with E-state index in [1.165, 1.54) is 7.05 Å². The van der Waals surface area contributed by atoms with Crippen LogP contribution in [0, 0.1) is 5.92 Å². The zero-order valence-electron chi connectivity index (χ0n) is 13.7. The number of hydrogen-bond donors (Lipinski definition) is 9. The molecule has 0 aliphatic heterocycles. The molecule has 1 amide bonds. The maximum absolute atomic E-state index is 11.4. The van der Waals surface area contributed by atoms with Gasteiger partial charge in [-0.1, -0.05) is 0 Å². The summed E-state index contributed by atoms with van der Waals surface area (Å²) in [6.45, 7) is -1.39. The topological polar surface area (TPSA) is 200 Å². The molecule has 1 aliphatic carbocycles. The second-order valence-electron chi connectivity index (χ2n) is 6.09. The van der Waals surface area contributed by atoms with Gasteiger partial charge in [-0.2, -0.15) is 0 Å². The van der Waals surface area contributed by atoms with Crippen molar-refractivity contribution in [1.29, 1.82) is 0 Å². The van der Waals surface area contributed by atoms with Crippen molar-refractivity contribution in [3.63, 3.8) is 0 Å². The lowest BCUT2D eigenvalue weighted by Crippen LogP contribution is -2.59. The second kappa shape index (κ2) is 9.71. The van der Waals surface area contributed by atoms with Crippen molar-refractivity contribution in [2.45, 2.75) is 55.3 Å². The molecule has 0 spiro atoms. The van der Waals surface area contributed by atoms with Gasteiger partial charge < -0.3 is 50.9 Å². The number of ether oxygens (including phenoxy) is 1. The van der Waals surface area contributed by atoms with Crippen molar-refractivity contribution in [2.75, 3.05) is 20.3 Å². The monoisotopic (exact) mass is 369 g/mol. The molecule has 0 aromatic heterocycles. The summed E-state index contributed by atoms with van der Waals surface area (Å²) in [4.78, 5) is 11.4. The molecule has 0 aromatic carbocycles. The summed E-state index contributed by atoms with van der Waals surface area (Å²) < 4.78 is 5.35. The van der Waals surface area contributed by atoms with E-state index >= 15 is 0 Å². The fourth-order valence-corrected chi connectivity index (χ4v) is 2.78. The number of likely N-dealkylation sites (N-methyl/N-ethyl adjacent to an activating group) is 1. The summed E-state index contributed by atoms with van der Waals surface area (Å²) in [6, 6.07) is 0. The van der Waals surface area contributed by atoms with Crippen molar-refractivity contribution in [2.24, 2.45) is 5.92 Å². The molecule has 0 unspecified atom stereocenters. The molecule has 148 valence electrons. The summed E-state index contributed by atoms with van der Waals surface area (Å²) in [5.41, 5.74) is 0. The number of aliphatic hydroxyl groups excluding tert-OH is 8. The normalized spacial score (nSPS) is 34.8. The maximum Gasteiger partial charge on any atom is 0.251 e. The van der Waals surface area contributed by atoms with Gasteiger partial charge in [0.1, 0.15) is 30.5 Å². The number of rotatable bonds is 8. The molecule has 9 atom stereocenters. The van der Waals surface area contributed by atoms with Gasteiger partial charge in [0, 0.05) is 19.6 Å². The summed E-state index contributed by atoms with van der Waals surface area (Å²) in [5.74, 6) is -1.80.